The van der Waals surface area contributed by atoms with Crippen LogP contribution in [-0.4, -0.2) is 82.3 Å². The minimum Gasteiger partial charge on any atom is -0.394 e. The van der Waals surface area contributed by atoms with Crippen LogP contribution in [-0.2, 0) is 0 Å². The predicted octanol–water partition coefficient (Wildman–Crippen LogP) is -1.21. The van der Waals surface area contributed by atoms with Crippen LogP contribution in [0.4, 0.5) is 0 Å². The van der Waals surface area contributed by atoms with Crippen molar-refractivity contribution in [3.05, 3.63) is 17.3 Å². The number of imidazole rings is 1. The highest BCUT2D eigenvalue weighted by molar-refractivity contribution is 7.98. The molecule has 0 bridgehead atoms. The van der Waals surface area contributed by atoms with Crippen molar-refractivity contribution in [2.45, 2.75) is 29.8 Å². The summed E-state index contributed by atoms with van der Waals surface area (Å²) in [6, 6.07) is 0. The Morgan fingerprint density at radius 2 is 1.91 bits per heavy atom. The molecular weight excluding hydrogens is 344 g/mol. The fourth-order valence-corrected chi connectivity index (χ4v) is 3.22. The SMILES string of the molecule is CS[C@@H]([C@@H](O)[C@H](O)[C@H](O)[C@H](O)CO)n1cnc2c(=S)nc[nH]c21. The van der Waals surface area contributed by atoms with E-state index in [1.807, 2.05) is 0 Å². The monoisotopic (exact) mass is 362 g/mol. The molecule has 0 fully saturated rings. The first-order valence-corrected chi connectivity index (χ1v) is 8.38. The summed E-state index contributed by atoms with van der Waals surface area (Å²) in [6.07, 6.45) is -1.82. The molecule has 0 saturated heterocycles. The molecule has 0 aromatic carbocycles. The minimum absolute atomic E-state index is 0.295. The molecule has 2 aromatic heterocycles. The van der Waals surface area contributed by atoms with Crippen LogP contribution in [0.3, 0.4) is 0 Å². The zero-order chi connectivity index (χ0) is 17.1. The quantitative estimate of drug-likeness (QED) is 0.334. The Morgan fingerprint density at radius 3 is 2.52 bits per heavy atom. The first kappa shape index (κ1) is 18.3. The lowest BCUT2D eigenvalue weighted by Gasteiger charge is -2.30. The van der Waals surface area contributed by atoms with Crippen molar-refractivity contribution in [2.24, 2.45) is 0 Å². The lowest BCUT2D eigenvalue weighted by molar-refractivity contribution is -0.118. The number of aromatic nitrogens is 4. The second-order valence-corrected chi connectivity index (χ2v) is 6.25. The van der Waals surface area contributed by atoms with Crippen molar-refractivity contribution in [3.63, 3.8) is 0 Å². The molecule has 0 aliphatic heterocycles. The van der Waals surface area contributed by atoms with Gasteiger partial charge < -0.3 is 35.1 Å². The molecule has 2 aromatic rings. The number of thioether (sulfide) groups is 1. The van der Waals surface area contributed by atoms with E-state index in [2.05, 4.69) is 15.0 Å². The number of H-pyrrole nitrogens is 1. The molecule has 0 radical (unpaired) electrons. The Bertz CT molecular complexity index is 708. The first-order valence-electron chi connectivity index (χ1n) is 6.68. The van der Waals surface area contributed by atoms with Crippen LogP contribution in [0.2, 0.25) is 0 Å². The third kappa shape index (κ3) is 3.55. The van der Waals surface area contributed by atoms with E-state index in [0.29, 0.717) is 15.8 Å². The molecule has 5 atom stereocenters. The molecule has 2 rings (SSSR count). The molecule has 0 unspecified atom stereocenters. The summed E-state index contributed by atoms with van der Waals surface area (Å²) < 4.78 is 1.85. The van der Waals surface area contributed by atoms with Gasteiger partial charge in [-0.15, -0.1) is 11.8 Å². The van der Waals surface area contributed by atoms with Gasteiger partial charge >= 0.3 is 0 Å². The zero-order valence-electron chi connectivity index (χ0n) is 12.1. The Labute approximate surface area is 140 Å². The molecule has 6 N–H and O–H groups in total. The molecule has 11 heteroatoms. The number of hydrogen-bond acceptors (Lipinski definition) is 9. The lowest BCUT2D eigenvalue weighted by Crippen LogP contribution is -2.48. The number of nitrogens with one attached hydrogen (secondary N) is 1. The molecule has 2 heterocycles. The van der Waals surface area contributed by atoms with Gasteiger partial charge in [0.25, 0.3) is 0 Å². The average Bonchev–Trinajstić information content (AvgIpc) is 2.98. The minimum atomic E-state index is -1.69. The molecule has 0 aliphatic carbocycles. The van der Waals surface area contributed by atoms with Crippen molar-refractivity contribution < 1.29 is 25.5 Å². The largest absolute Gasteiger partial charge is 0.394 e. The van der Waals surface area contributed by atoms with Crippen molar-refractivity contribution in [1.29, 1.82) is 0 Å². The molecule has 0 aliphatic rings. The Kier molecular flexibility index (Phi) is 6.08. The number of hydrogen-bond donors (Lipinski definition) is 6. The summed E-state index contributed by atoms with van der Waals surface area (Å²) in [6.45, 7) is -0.734. The fourth-order valence-electron chi connectivity index (χ4n) is 2.19. The van der Waals surface area contributed by atoms with E-state index in [-0.39, 0.29) is 0 Å². The summed E-state index contributed by atoms with van der Waals surface area (Å²) >= 11 is 6.28. The van der Waals surface area contributed by atoms with Crippen LogP contribution < -0.4 is 0 Å². The number of nitrogens with zero attached hydrogens (tertiary/aromatic N) is 3. The number of aromatic amines is 1. The number of rotatable bonds is 7. The summed E-state index contributed by atoms with van der Waals surface area (Å²) in [5.74, 6) is 0. The molecule has 9 nitrogen and oxygen atoms in total. The molecule has 128 valence electrons. The van der Waals surface area contributed by atoms with Crippen LogP contribution >= 0.6 is 24.0 Å². The van der Waals surface area contributed by atoms with E-state index in [4.69, 9.17) is 17.3 Å². The van der Waals surface area contributed by atoms with Gasteiger partial charge in [-0.3, -0.25) is 0 Å². The molecule has 0 amide bonds. The predicted molar refractivity (Wildman–Crippen MR) is 86.4 cm³/mol. The van der Waals surface area contributed by atoms with Gasteiger partial charge in [-0.2, -0.15) is 0 Å². The number of aliphatic hydroxyl groups excluding tert-OH is 5. The van der Waals surface area contributed by atoms with Crippen molar-refractivity contribution in [2.75, 3.05) is 12.9 Å². The smallest absolute Gasteiger partial charge is 0.157 e. The standard InChI is InChI=1S/C12H18N4O5S2/c1-23-12(9(21)8(20)7(19)5(18)2-17)16-4-15-6-10(16)13-3-14-11(6)22/h3-5,7-9,12,17-21H,2H2,1H3,(H,13,14,22)/t5-,7-,8-,9+,12+/m1/s1. The number of fused-ring (bicyclic) bond motifs is 1. The zero-order valence-corrected chi connectivity index (χ0v) is 13.8. The van der Waals surface area contributed by atoms with Gasteiger partial charge in [0.15, 0.2) is 4.64 Å². The lowest BCUT2D eigenvalue weighted by atomic mass is 10.0. The van der Waals surface area contributed by atoms with E-state index in [1.165, 1.54) is 24.4 Å². The van der Waals surface area contributed by atoms with Crippen LogP contribution in [0.5, 0.6) is 0 Å². The molecule has 23 heavy (non-hydrogen) atoms. The molecular formula is C12H18N4O5S2. The van der Waals surface area contributed by atoms with Crippen LogP contribution in [0.15, 0.2) is 12.7 Å². The van der Waals surface area contributed by atoms with Crippen molar-refractivity contribution in [1.82, 2.24) is 19.5 Å². The van der Waals surface area contributed by atoms with Gasteiger partial charge in [-0.25, -0.2) is 9.97 Å². The Balaban J connectivity index is 2.34. The van der Waals surface area contributed by atoms with Gasteiger partial charge in [0.2, 0.25) is 0 Å². The highest BCUT2D eigenvalue weighted by Crippen LogP contribution is 2.30. The third-order valence-corrected chi connectivity index (χ3v) is 4.76. The van der Waals surface area contributed by atoms with E-state index >= 15 is 0 Å². The molecule has 0 saturated carbocycles. The Morgan fingerprint density at radius 1 is 1.22 bits per heavy atom. The highest BCUT2D eigenvalue weighted by Gasteiger charge is 2.35. The summed E-state index contributed by atoms with van der Waals surface area (Å²) in [5, 5.41) is 47.7. The van der Waals surface area contributed by atoms with Crippen LogP contribution in [0, 0.1) is 4.64 Å². The van der Waals surface area contributed by atoms with Gasteiger partial charge in [0.05, 0.1) is 19.3 Å². The second-order valence-electron chi connectivity index (χ2n) is 4.90. The average molecular weight is 362 g/mol. The van der Waals surface area contributed by atoms with E-state index in [1.54, 1.807) is 10.8 Å². The second kappa shape index (κ2) is 7.66. The van der Waals surface area contributed by atoms with E-state index in [9.17, 15) is 20.4 Å². The molecule has 0 spiro atoms. The maximum Gasteiger partial charge on any atom is 0.157 e. The van der Waals surface area contributed by atoms with Crippen LogP contribution in [0.1, 0.15) is 5.37 Å². The Hall–Kier alpha value is -1.08. The van der Waals surface area contributed by atoms with Gasteiger partial charge in [0.1, 0.15) is 41.0 Å². The van der Waals surface area contributed by atoms with E-state index in [0.717, 1.165) is 0 Å². The summed E-state index contributed by atoms with van der Waals surface area (Å²) in [5.41, 5.74) is 0.951. The maximum absolute atomic E-state index is 10.4. The number of aliphatic hydroxyl groups is 5. The first-order chi connectivity index (χ1) is 10.9. The third-order valence-electron chi connectivity index (χ3n) is 3.47. The highest BCUT2D eigenvalue weighted by atomic mass is 32.2. The van der Waals surface area contributed by atoms with Gasteiger partial charge in [-0.1, -0.05) is 12.2 Å². The van der Waals surface area contributed by atoms with Gasteiger partial charge in [-0.05, 0) is 6.26 Å². The van der Waals surface area contributed by atoms with Crippen molar-refractivity contribution in [3.8, 4) is 0 Å². The fraction of sp³-hybridized carbons (Fsp3) is 0.583. The van der Waals surface area contributed by atoms with Crippen molar-refractivity contribution >= 4 is 35.1 Å². The topological polar surface area (TPSA) is 148 Å². The maximum atomic E-state index is 10.4. The normalized spacial score (nSPS) is 18.5. The van der Waals surface area contributed by atoms with E-state index < -0.39 is 36.4 Å². The van der Waals surface area contributed by atoms with Crippen LogP contribution in [0.25, 0.3) is 11.2 Å². The summed E-state index contributed by atoms with van der Waals surface area (Å²) in [4.78, 5) is 10.9. The van der Waals surface area contributed by atoms with Gasteiger partial charge in [0, 0.05) is 0 Å². The summed E-state index contributed by atoms with van der Waals surface area (Å²) in [7, 11) is 0.